The molecule has 2 aromatic heterocycles. The predicted molar refractivity (Wildman–Crippen MR) is 116 cm³/mol. The zero-order valence-corrected chi connectivity index (χ0v) is 16.8. The smallest absolute Gasteiger partial charge is 0.186 e. The summed E-state index contributed by atoms with van der Waals surface area (Å²) in [5, 5.41) is 2.08. The van der Waals surface area contributed by atoms with Crippen molar-refractivity contribution in [3.63, 3.8) is 0 Å². The largest absolute Gasteiger partial charge is 0.378 e. The number of H-pyrrole nitrogens is 1. The molecule has 0 spiro atoms. The third-order valence-electron chi connectivity index (χ3n) is 5.94. The van der Waals surface area contributed by atoms with Crippen molar-refractivity contribution in [2.24, 2.45) is 0 Å². The van der Waals surface area contributed by atoms with E-state index in [1.165, 1.54) is 27.7 Å². The Kier molecular flexibility index (Phi) is 3.99. The van der Waals surface area contributed by atoms with Crippen molar-refractivity contribution in [1.82, 2.24) is 9.97 Å². The van der Waals surface area contributed by atoms with Gasteiger partial charge in [0, 0.05) is 60.4 Å². The van der Waals surface area contributed by atoms with Crippen LogP contribution in [0.4, 0.5) is 15.2 Å². The number of hydrogen-bond acceptors (Lipinski definition) is 5. The Hall–Kier alpha value is -2.64. The standard InChI is InChI=1S/C22H21FN4OS/c23-14-1-3-18-16(11-14)17-13-27(6-5-19(17)24-18)15-2-4-20-21(12-15)29-22(25-20)26-7-9-28-10-8-26/h1-4,11-12,24H,5-10,13H2. The number of anilines is 2. The molecular weight excluding hydrogens is 387 g/mol. The minimum absolute atomic E-state index is 0.182. The van der Waals surface area contributed by atoms with E-state index in [0.717, 1.165) is 67.4 Å². The summed E-state index contributed by atoms with van der Waals surface area (Å²) in [5.41, 5.74) is 5.71. The Morgan fingerprint density at radius 1 is 1.03 bits per heavy atom. The summed E-state index contributed by atoms with van der Waals surface area (Å²) in [7, 11) is 0. The molecule has 7 heteroatoms. The van der Waals surface area contributed by atoms with Gasteiger partial charge in [0.2, 0.25) is 0 Å². The van der Waals surface area contributed by atoms with Crippen LogP contribution in [-0.2, 0) is 17.7 Å². The van der Waals surface area contributed by atoms with E-state index in [-0.39, 0.29) is 5.82 Å². The number of hydrogen-bond donors (Lipinski definition) is 1. The first-order valence-corrected chi connectivity index (χ1v) is 10.8. The van der Waals surface area contributed by atoms with Gasteiger partial charge in [-0.25, -0.2) is 9.37 Å². The highest BCUT2D eigenvalue weighted by Crippen LogP contribution is 2.35. The summed E-state index contributed by atoms with van der Waals surface area (Å²) in [6, 6.07) is 11.5. The average Bonchev–Trinajstić information content (AvgIpc) is 3.34. The van der Waals surface area contributed by atoms with Crippen molar-refractivity contribution in [3.05, 3.63) is 53.5 Å². The zero-order valence-electron chi connectivity index (χ0n) is 15.9. The van der Waals surface area contributed by atoms with Gasteiger partial charge in [-0.1, -0.05) is 11.3 Å². The van der Waals surface area contributed by atoms with Crippen LogP contribution in [0.15, 0.2) is 36.4 Å². The second-order valence-electron chi connectivity index (χ2n) is 7.69. The van der Waals surface area contributed by atoms with Gasteiger partial charge in [-0.15, -0.1) is 0 Å². The minimum atomic E-state index is -0.182. The number of ether oxygens (including phenoxy) is 1. The lowest BCUT2D eigenvalue weighted by Gasteiger charge is -2.29. The van der Waals surface area contributed by atoms with Gasteiger partial charge in [-0.3, -0.25) is 0 Å². The maximum absolute atomic E-state index is 13.8. The van der Waals surface area contributed by atoms with Crippen molar-refractivity contribution in [2.75, 3.05) is 42.6 Å². The molecule has 0 amide bonds. The predicted octanol–water partition coefficient (Wildman–Crippen LogP) is 4.32. The highest BCUT2D eigenvalue weighted by Gasteiger charge is 2.22. The van der Waals surface area contributed by atoms with E-state index >= 15 is 0 Å². The first kappa shape index (κ1) is 17.2. The summed E-state index contributed by atoms with van der Waals surface area (Å²) in [4.78, 5) is 13.0. The average molecular weight is 409 g/mol. The molecule has 0 atom stereocenters. The van der Waals surface area contributed by atoms with E-state index in [1.807, 2.05) is 6.07 Å². The van der Waals surface area contributed by atoms with E-state index in [1.54, 1.807) is 17.4 Å². The maximum atomic E-state index is 13.8. The van der Waals surface area contributed by atoms with E-state index in [4.69, 9.17) is 9.72 Å². The van der Waals surface area contributed by atoms with Crippen LogP contribution in [0, 0.1) is 5.82 Å². The maximum Gasteiger partial charge on any atom is 0.186 e. The molecule has 0 bridgehead atoms. The third kappa shape index (κ3) is 2.96. The molecule has 4 heterocycles. The molecular formula is C22H21FN4OS. The lowest BCUT2D eigenvalue weighted by molar-refractivity contribution is 0.122. The molecule has 1 saturated heterocycles. The highest BCUT2D eigenvalue weighted by molar-refractivity contribution is 7.22. The zero-order chi connectivity index (χ0) is 19.4. The number of halogens is 1. The van der Waals surface area contributed by atoms with Crippen LogP contribution in [0.1, 0.15) is 11.3 Å². The second-order valence-corrected chi connectivity index (χ2v) is 8.70. The molecule has 1 N–H and O–H groups in total. The van der Waals surface area contributed by atoms with Crippen LogP contribution < -0.4 is 9.80 Å². The number of nitrogens with zero attached hydrogens (tertiary/aromatic N) is 3. The van der Waals surface area contributed by atoms with Crippen molar-refractivity contribution < 1.29 is 9.13 Å². The van der Waals surface area contributed by atoms with Gasteiger partial charge >= 0.3 is 0 Å². The minimum Gasteiger partial charge on any atom is -0.378 e. The molecule has 29 heavy (non-hydrogen) atoms. The van der Waals surface area contributed by atoms with Gasteiger partial charge in [0.05, 0.1) is 23.4 Å². The number of aromatic nitrogens is 2. The fourth-order valence-electron chi connectivity index (χ4n) is 4.39. The summed E-state index contributed by atoms with van der Waals surface area (Å²) < 4.78 is 20.5. The van der Waals surface area contributed by atoms with Crippen LogP contribution in [0.25, 0.3) is 21.1 Å². The summed E-state index contributed by atoms with van der Waals surface area (Å²) in [6.07, 6.45) is 0.936. The second kappa shape index (κ2) is 6.71. The SMILES string of the molecule is Fc1ccc2[nH]c3c(c2c1)CN(c1ccc2nc(N4CCOCC4)sc2c1)CC3. The third-order valence-corrected chi connectivity index (χ3v) is 7.02. The van der Waals surface area contributed by atoms with Gasteiger partial charge in [0.15, 0.2) is 5.13 Å². The molecule has 0 saturated carbocycles. The summed E-state index contributed by atoms with van der Waals surface area (Å²) in [6.45, 7) is 5.07. The topological polar surface area (TPSA) is 44.4 Å². The molecule has 148 valence electrons. The Bertz CT molecular complexity index is 1210. The Morgan fingerprint density at radius 2 is 1.93 bits per heavy atom. The molecule has 4 aromatic rings. The molecule has 0 aliphatic carbocycles. The lowest BCUT2D eigenvalue weighted by atomic mass is 10.0. The van der Waals surface area contributed by atoms with Crippen molar-refractivity contribution in [2.45, 2.75) is 13.0 Å². The molecule has 6 rings (SSSR count). The van der Waals surface area contributed by atoms with Gasteiger partial charge < -0.3 is 19.5 Å². The Balaban J connectivity index is 1.32. The first-order valence-electron chi connectivity index (χ1n) is 10.0. The number of aromatic amines is 1. The monoisotopic (exact) mass is 408 g/mol. The van der Waals surface area contributed by atoms with Crippen LogP contribution >= 0.6 is 11.3 Å². The molecule has 2 aromatic carbocycles. The number of morpholine rings is 1. The molecule has 2 aliphatic rings. The van der Waals surface area contributed by atoms with Crippen LogP contribution in [0.5, 0.6) is 0 Å². The fraction of sp³-hybridized carbons (Fsp3) is 0.318. The fourth-order valence-corrected chi connectivity index (χ4v) is 5.44. The molecule has 0 unspecified atom stereocenters. The van der Waals surface area contributed by atoms with E-state index in [2.05, 4.69) is 33.0 Å². The van der Waals surface area contributed by atoms with Gasteiger partial charge in [-0.05, 0) is 36.4 Å². The first-order chi connectivity index (χ1) is 14.2. The van der Waals surface area contributed by atoms with Crippen LogP contribution in [-0.4, -0.2) is 42.8 Å². The molecule has 5 nitrogen and oxygen atoms in total. The summed E-state index contributed by atoms with van der Waals surface area (Å²) in [5.74, 6) is -0.182. The Morgan fingerprint density at radius 3 is 2.83 bits per heavy atom. The molecule has 2 aliphatic heterocycles. The number of benzene rings is 2. The Labute approximate surface area is 171 Å². The van der Waals surface area contributed by atoms with Crippen molar-refractivity contribution in [3.8, 4) is 0 Å². The van der Waals surface area contributed by atoms with Crippen LogP contribution in [0.2, 0.25) is 0 Å². The number of rotatable bonds is 2. The van der Waals surface area contributed by atoms with E-state index < -0.39 is 0 Å². The molecule has 1 fully saturated rings. The number of fused-ring (bicyclic) bond motifs is 4. The van der Waals surface area contributed by atoms with E-state index in [9.17, 15) is 4.39 Å². The lowest BCUT2D eigenvalue weighted by Crippen LogP contribution is -2.36. The van der Waals surface area contributed by atoms with Gasteiger partial charge in [0.1, 0.15) is 5.82 Å². The number of thiazole rings is 1. The van der Waals surface area contributed by atoms with Gasteiger partial charge in [0.25, 0.3) is 0 Å². The van der Waals surface area contributed by atoms with Crippen LogP contribution in [0.3, 0.4) is 0 Å². The van der Waals surface area contributed by atoms with E-state index in [0.29, 0.717) is 0 Å². The highest BCUT2D eigenvalue weighted by atomic mass is 32.1. The van der Waals surface area contributed by atoms with Gasteiger partial charge in [-0.2, -0.15) is 0 Å². The van der Waals surface area contributed by atoms with Crippen molar-refractivity contribution in [1.29, 1.82) is 0 Å². The normalized spacial score (nSPS) is 17.3. The quantitative estimate of drug-likeness (QED) is 0.537. The summed E-state index contributed by atoms with van der Waals surface area (Å²) >= 11 is 1.75. The van der Waals surface area contributed by atoms with Crippen molar-refractivity contribution >= 4 is 43.3 Å². The molecule has 0 radical (unpaired) electrons. The number of nitrogens with one attached hydrogen (secondary N) is 1.